The van der Waals surface area contributed by atoms with Crippen LogP contribution in [0.3, 0.4) is 0 Å². The van der Waals surface area contributed by atoms with E-state index >= 15 is 0 Å². The average Bonchev–Trinajstić information content (AvgIpc) is 3.09. The smallest absolute Gasteiger partial charge is 0.300 e. The summed E-state index contributed by atoms with van der Waals surface area (Å²) in [5.41, 5.74) is 5.97. The van der Waals surface area contributed by atoms with Gasteiger partial charge in [0.1, 0.15) is 0 Å². The Morgan fingerprint density at radius 3 is 2.23 bits per heavy atom. The number of benzene rings is 2. The summed E-state index contributed by atoms with van der Waals surface area (Å²) in [6.07, 6.45) is 3.77. The van der Waals surface area contributed by atoms with Crippen molar-refractivity contribution in [1.82, 2.24) is 9.97 Å². The van der Waals surface area contributed by atoms with Crippen molar-refractivity contribution in [1.29, 1.82) is 0 Å². The van der Waals surface area contributed by atoms with Gasteiger partial charge in [0.15, 0.2) is 0 Å². The Kier molecular flexibility index (Phi) is 6.97. The SMILES string of the molecule is CC(=O)O.CN(C)c1ccc(-c2nc[nH]c2CCc2ccccc2)cc1. The minimum Gasteiger partial charge on any atom is -0.481 e. The highest BCUT2D eigenvalue weighted by Gasteiger charge is 2.08. The molecule has 3 aromatic rings. The second-order valence-corrected chi connectivity index (χ2v) is 6.18. The molecule has 2 N–H and O–H groups in total. The second kappa shape index (κ2) is 9.42. The summed E-state index contributed by atoms with van der Waals surface area (Å²) in [5, 5.41) is 7.42. The van der Waals surface area contributed by atoms with Gasteiger partial charge in [-0.1, -0.05) is 42.5 Å². The zero-order valence-electron chi connectivity index (χ0n) is 15.4. The second-order valence-electron chi connectivity index (χ2n) is 6.18. The van der Waals surface area contributed by atoms with Crippen LogP contribution < -0.4 is 4.90 Å². The number of rotatable bonds is 5. The lowest BCUT2D eigenvalue weighted by Gasteiger charge is -2.12. The van der Waals surface area contributed by atoms with E-state index in [1.165, 1.54) is 16.9 Å². The van der Waals surface area contributed by atoms with Crippen molar-refractivity contribution in [3.05, 3.63) is 72.2 Å². The molecule has 0 atom stereocenters. The Bertz CT molecular complexity index is 805. The standard InChI is InChI=1S/C19H21N3.C2H4O2/c1-22(2)17-11-9-16(10-12-17)19-18(20-14-21-19)13-8-15-6-4-3-5-7-15;1-2(3)4/h3-7,9-12,14H,8,13H2,1-2H3,(H,20,21);1H3,(H,3,4). The number of aliphatic carboxylic acids is 1. The predicted molar refractivity (Wildman–Crippen MR) is 106 cm³/mol. The first kappa shape index (κ1) is 19.2. The summed E-state index contributed by atoms with van der Waals surface area (Å²) < 4.78 is 0. The Morgan fingerprint density at radius 1 is 1.04 bits per heavy atom. The van der Waals surface area contributed by atoms with Gasteiger partial charge in [-0.2, -0.15) is 0 Å². The molecule has 0 radical (unpaired) electrons. The van der Waals surface area contributed by atoms with Gasteiger partial charge in [-0.15, -0.1) is 0 Å². The summed E-state index contributed by atoms with van der Waals surface area (Å²) in [4.78, 5) is 18.9. The summed E-state index contributed by atoms with van der Waals surface area (Å²) in [6, 6.07) is 19.1. The van der Waals surface area contributed by atoms with Crippen molar-refractivity contribution >= 4 is 11.7 Å². The number of aromatic amines is 1. The molecule has 0 aliphatic carbocycles. The van der Waals surface area contributed by atoms with Crippen LogP contribution in [0.25, 0.3) is 11.3 Å². The van der Waals surface area contributed by atoms with Crippen LogP contribution in [0, 0.1) is 0 Å². The third kappa shape index (κ3) is 5.77. The highest BCUT2D eigenvalue weighted by molar-refractivity contribution is 5.65. The summed E-state index contributed by atoms with van der Waals surface area (Å²) in [5.74, 6) is -0.833. The Hall–Kier alpha value is -3.08. The number of H-pyrrole nitrogens is 1. The van der Waals surface area contributed by atoms with E-state index in [2.05, 4.69) is 83.6 Å². The van der Waals surface area contributed by atoms with Crippen molar-refractivity contribution in [2.45, 2.75) is 19.8 Å². The number of hydrogen-bond acceptors (Lipinski definition) is 3. The molecule has 5 nitrogen and oxygen atoms in total. The molecule has 0 saturated carbocycles. The van der Waals surface area contributed by atoms with Crippen LogP contribution in [0.2, 0.25) is 0 Å². The maximum atomic E-state index is 9.00. The van der Waals surface area contributed by atoms with E-state index in [-0.39, 0.29) is 0 Å². The zero-order chi connectivity index (χ0) is 18.9. The molecule has 0 bridgehead atoms. The highest BCUT2D eigenvalue weighted by Crippen LogP contribution is 2.24. The van der Waals surface area contributed by atoms with Crippen molar-refractivity contribution < 1.29 is 9.90 Å². The Labute approximate surface area is 154 Å². The van der Waals surface area contributed by atoms with Gasteiger partial charge in [0, 0.05) is 38.0 Å². The lowest BCUT2D eigenvalue weighted by Crippen LogP contribution is -2.07. The fourth-order valence-electron chi connectivity index (χ4n) is 2.59. The molecule has 1 aromatic heterocycles. The van der Waals surface area contributed by atoms with E-state index in [0.29, 0.717) is 0 Å². The maximum absolute atomic E-state index is 9.00. The van der Waals surface area contributed by atoms with Crippen LogP contribution in [0.15, 0.2) is 60.9 Å². The van der Waals surface area contributed by atoms with Crippen LogP contribution in [0.4, 0.5) is 5.69 Å². The fraction of sp³-hybridized carbons (Fsp3) is 0.238. The molecular weight excluding hydrogens is 326 g/mol. The molecule has 0 aliphatic rings. The number of imidazole rings is 1. The van der Waals surface area contributed by atoms with Gasteiger partial charge >= 0.3 is 0 Å². The molecule has 0 spiro atoms. The van der Waals surface area contributed by atoms with Gasteiger partial charge in [0.2, 0.25) is 0 Å². The maximum Gasteiger partial charge on any atom is 0.300 e. The van der Waals surface area contributed by atoms with Gasteiger partial charge in [0.25, 0.3) is 5.97 Å². The normalized spacial score (nSPS) is 9.96. The summed E-state index contributed by atoms with van der Waals surface area (Å²) in [6.45, 7) is 1.08. The predicted octanol–water partition coefficient (Wildman–Crippen LogP) is 4.02. The van der Waals surface area contributed by atoms with Gasteiger partial charge in [-0.05, 0) is 30.5 Å². The van der Waals surface area contributed by atoms with Crippen LogP contribution in [0.5, 0.6) is 0 Å². The number of hydrogen-bond donors (Lipinski definition) is 2. The van der Waals surface area contributed by atoms with E-state index in [1.54, 1.807) is 6.33 Å². The molecular formula is C21H25N3O2. The molecule has 136 valence electrons. The van der Waals surface area contributed by atoms with Gasteiger partial charge in [-0.3, -0.25) is 4.79 Å². The number of nitrogens with zero attached hydrogens (tertiary/aromatic N) is 2. The van der Waals surface area contributed by atoms with Crippen molar-refractivity contribution in [2.75, 3.05) is 19.0 Å². The van der Waals surface area contributed by atoms with E-state index in [0.717, 1.165) is 31.0 Å². The van der Waals surface area contributed by atoms with Crippen molar-refractivity contribution in [2.24, 2.45) is 0 Å². The van der Waals surface area contributed by atoms with Gasteiger partial charge in [-0.25, -0.2) is 4.98 Å². The molecule has 0 aliphatic heterocycles. The third-order valence-corrected chi connectivity index (χ3v) is 3.88. The molecule has 1 heterocycles. The average molecular weight is 351 g/mol. The zero-order valence-corrected chi connectivity index (χ0v) is 15.4. The number of anilines is 1. The molecule has 26 heavy (non-hydrogen) atoms. The largest absolute Gasteiger partial charge is 0.481 e. The Morgan fingerprint density at radius 2 is 1.65 bits per heavy atom. The van der Waals surface area contributed by atoms with E-state index < -0.39 is 5.97 Å². The third-order valence-electron chi connectivity index (χ3n) is 3.88. The highest BCUT2D eigenvalue weighted by atomic mass is 16.4. The minimum atomic E-state index is -0.833. The minimum absolute atomic E-state index is 0.833. The van der Waals surface area contributed by atoms with Crippen LogP contribution in [0.1, 0.15) is 18.2 Å². The Balaban J connectivity index is 0.000000552. The molecule has 2 aromatic carbocycles. The fourth-order valence-corrected chi connectivity index (χ4v) is 2.59. The van der Waals surface area contributed by atoms with Crippen molar-refractivity contribution in [3.63, 3.8) is 0 Å². The lowest BCUT2D eigenvalue weighted by atomic mass is 10.0. The number of aryl methyl sites for hydroxylation is 2. The first-order valence-corrected chi connectivity index (χ1v) is 8.51. The number of aromatic nitrogens is 2. The van der Waals surface area contributed by atoms with Crippen LogP contribution in [-0.4, -0.2) is 35.1 Å². The van der Waals surface area contributed by atoms with Crippen molar-refractivity contribution in [3.8, 4) is 11.3 Å². The quantitative estimate of drug-likeness (QED) is 0.728. The molecule has 0 saturated heterocycles. The first-order valence-electron chi connectivity index (χ1n) is 8.51. The topological polar surface area (TPSA) is 69.2 Å². The number of carboxylic acid groups (broad SMARTS) is 1. The number of carbonyl (C=O) groups is 1. The molecule has 3 rings (SSSR count). The monoisotopic (exact) mass is 351 g/mol. The lowest BCUT2D eigenvalue weighted by molar-refractivity contribution is -0.134. The summed E-state index contributed by atoms with van der Waals surface area (Å²) in [7, 11) is 4.10. The molecule has 5 heteroatoms. The van der Waals surface area contributed by atoms with E-state index in [1.807, 2.05) is 0 Å². The molecule has 0 unspecified atom stereocenters. The first-order chi connectivity index (χ1) is 12.5. The van der Waals surface area contributed by atoms with E-state index in [4.69, 9.17) is 9.90 Å². The summed E-state index contributed by atoms with van der Waals surface area (Å²) >= 11 is 0. The number of carboxylic acids is 1. The molecule has 0 amide bonds. The molecule has 0 fully saturated rings. The van der Waals surface area contributed by atoms with Crippen LogP contribution >= 0.6 is 0 Å². The number of nitrogens with one attached hydrogen (secondary N) is 1. The van der Waals surface area contributed by atoms with E-state index in [9.17, 15) is 0 Å². The van der Waals surface area contributed by atoms with Gasteiger partial charge < -0.3 is 15.0 Å². The van der Waals surface area contributed by atoms with Gasteiger partial charge in [0.05, 0.1) is 12.0 Å². The van der Waals surface area contributed by atoms with Crippen LogP contribution in [-0.2, 0) is 17.6 Å².